The van der Waals surface area contributed by atoms with Crippen molar-refractivity contribution in [2.45, 2.75) is 12.4 Å². The maximum Gasteiger partial charge on any atom is 0.453 e. The molecular formula is C10H7F3S. The Morgan fingerprint density at radius 2 is 1.71 bits per heavy atom. The van der Waals surface area contributed by atoms with Crippen LogP contribution in [0.4, 0.5) is 13.2 Å². The average Bonchev–Trinajstić information content (AvgIpc) is 2.06. The van der Waals surface area contributed by atoms with E-state index in [-0.39, 0.29) is 11.8 Å². The number of hydrogen-bond donors (Lipinski definition) is 0. The summed E-state index contributed by atoms with van der Waals surface area (Å²) in [6.45, 7) is 1.90. The van der Waals surface area contributed by atoms with Gasteiger partial charge >= 0.3 is 5.51 Å². The number of thioether (sulfide) groups is 1. The highest BCUT2D eigenvalue weighted by molar-refractivity contribution is 8.04. The Balaban J connectivity index is 2.64. The van der Waals surface area contributed by atoms with Crippen LogP contribution in [-0.2, 0) is 0 Å². The van der Waals surface area contributed by atoms with E-state index in [1.807, 2.05) is 24.3 Å². The lowest BCUT2D eigenvalue weighted by atomic mass is 10.2. The summed E-state index contributed by atoms with van der Waals surface area (Å²) in [6.07, 6.45) is 0. The summed E-state index contributed by atoms with van der Waals surface area (Å²) in [4.78, 5) is 0. The number of aryl methyl sites for hydroxylation is 1. The lowest BCUT2D eigenvalue weighted by molar-refractivity contribution is -0.0318. The van der Waals surface area contributed by atoms with Gasteiger partial charge in [0.2, 0.25) is 0 Å². The molecule has 0 unspecified atom stereocenters. The van der Waals surface area contributed by atoms with Gasteiger partial charge in [0, 0.05) is 17.3 Å². The van der Waals surface area contributed by atoms with E-state index in [9.17, 15) is 13.2 Å². The monoisotopic (exact) mass is 216 g/mol. The van der Waals surface area contributed by atoms with Crippen molar-refractivity contribution in [2.24, 2.45) is 0 Å². The third-order valence-electron chi connectivity index (χ3n) is 1.41. The van der Waals surface area contributed by atoms with Gasteiger partial charge in [0.05, 0.1) is 0 Å². The summed E-state index contributed by atoms with van der Waals surface area (Å²) < 4.78 is 35.0. The van der Waals surface area contributed by atoms with Crippen molar-refractivity contribution in [3.8, 4) is 11.2 Å². The van der Waals surface area contributed by atoms with Crippen molar-refractivity contribution in [1.29, 1.82) is 0 Å². The average molecular weight is 216 g/mol. The van der Waals surface area contributed by atoms with Crippen LogP contribution in [0.2, 0.25) is 0 Å². The van der Waals surface area contributed by atoms with Gasteiger partial charge in [-0.2, -0.15) is 13.2 Å². The zero-order valence-corrected chi connectivity index (χ0v) is 8.17. The smallest absolute Gasteiger partial charge is 0.160 e. The van der Waals surface area contributed by atoms with Gasteiger partial charge in [0.15, 0.2) is 0 Å². The first kappa shape index (κ1) is 11.0. The molecule has 74 valence electrons. The molecule has 0 aromatic heterocycles. The molecule has 0 aliphatic rings. The van der Waals surface area contributed by atoms with Crippen molar-refractivity contribution in [3.05, 3.63) is 35.4 Å². The molecule has 4 heteroatoms. The first-order valence-corrected chi connectivity index (χ1v) is 4.61. The van der Waals surface area contributed by atoms with Crippen LogP contribution < -0.4 is 0 Å². The predicted octanol–water partition coefficient (Wildman–Crippen LogP) is 3.56. The van der Waals surface area contributed by atoms with E-state index >= 15 is 0 Å². The molecule has 0 amide bonds. The Hall–Kier alpha value is -1.08. The molecule has 0 aliphatic carbocycles. The van der Waals surface area contributed by atoms with Crippen molar-refractivity contribution in [3.63, 3.8) is 0 Å². The number of hydrogen-bond acceptors (Lipinski definition) is 1. The topological polar surface area (TPSA) is 0 Å². The minimum atomic E-state index is -4.28. The third kappa shape index (κ3) is 4.24. The maximum atomic E-state index is 11.7. The van der Waals surface area contributed by atoms with Crippen LogP contribution in [0.3, 0.4) is 0 Å². The van der Waals surface area contributed by atoms with Crippen LogP contribution in [0.5, 0.6) is 0 Å². The lowest BCUT2D eigenvalue weighted by Gasteiger charge is -1.96. The van der Waals surface area contributed by atoms with Crippen molar-refractivity contribution >= 4 is 11.8 Å². The fraction of sp³-hybridized carbons (Fsp3) is 0.200. The number of halogens is 3. The molecule has 0 bridgehead atoms. The minimum absolute atomic E-state index is 0.329. The normalized spacial score (nSPS) is 10.6. The molecule has 0 N–H and O–H groups in total. The van der Waals surface area contributed by atoms with Gasteiger partial charge in [-0.05, 0) is 24.3 Å². The molecule has 1 aromatic rings. The van der Waals surface area contributed by atoms with E-state index in [1.54, 1.807) is 12.1 Å². The van der Waals surface area contributed by atoms with Crippen molar-refractivity contribution in [2.75, 3.05) is 0 Å². The van der Waals surface area contributed by atoms with Crippen molar-refractivity contribution in [1.82, 2.24) is 0 Å². The molecule has 1 aromatic carbocycles. The van der Waals surface area contributed by atoms with Crippen LogP contribution >= 0.6 is 11.8 Å². The first-order valence-electron chi connectivity index (χ1n) is 3.80. The Morgan fingerprint density at radius 3 is 2.21 bits per heavy atom. The predicted molar refractivity (Wildman–Crippen MR) is 51.7 cm³/mol. The quantitative estimate of drug-likeness (QED) is 0.597. The van der Waals surface area contributed by atoms with Crippen LogP contribution in [0.15, 0.2) is 24.3 Å². The largest absolute Gasteiger partial charge is 0.453 e. The Morgan fingerprint density at radius 1 is 1.14 bits per heavy atom. The Bertz CT molecular complexity index is 354. The van der Waals surface area contributed by atoms with Crippen LogP contribution in [0.25, 0.3) is 0 Å². The highest BCUT2D eigenvalue weighted by Crippen LogP contribution is 2.28. The van der Waals surface area contributed by atoms with Crippen LogP contribution in [0, 0.1) is 18.1 Å². The highest BCUT2D eigenvalue weighted by Gasteiger charge is 2.27. The lowest BCUT2D eigenvalue weighted by Crippen LogP contribution is -1.96. The van der Waals surface area contributed by atoms with Gasteiger partial charge in [-0.1, -0.05) is 23.6 Å². The van der Waals surface area contributed by atoms with E-state index in [4.69, 9.17) is 0 Å². The van der Waals surface area contributed by atoms with E-state index in [1.165, 1.54) is 0 Å². The Labute approximate surface area is 84.5 Å². The summed E-state index contributed by atoms with van der Waals surface area (Å²) in [5, 5.41) is 2.00. The zero-order chi connectivity index (χ0) is 10.6. The number of rotatable bonds is 0. The minimum Gasteiger partial charge on any atom is -0.160 e. The molecule has 0 atom stereocenters. The molecule has 0 saturated heterocycles. The molecule has 0 saturated carbocycles. The molecule has 0 radical (unpaired) electrons. The van der Waals surface area contributed by atoms with Crippen LogP contribution in [0.1, 0.15) is 11.1 Å². The summed E-state index contributed by atoms with van der Waals surface area (Å²) in [5.41, 5.74) is -2.64. The van der Waals surface area contributed by atoms with Crippen molar-refractivity contribution < 1.29 is 13.2 Å². The van der Waals surface area contributed by atoms with Gasteiger partial charge in [-0.25, -0.2) is 0 Å². The molecule has 0 nitrogen and oxygen atoms in total. The zero-order valence-electron chi connectivity index (χ0n) is 7.35. The molecular weight excluding hydrogens is 209 g/mol. The second-order valence-electron chi connectivity index (χ2n) is 2.64. The summed E-state index contributed by atoms with van der Waals surface area (Å²) in [6, 6.07) is 7.00. The number of benzene rings is 1. The van der Waals surface area contributed by atoms with E-state index in [0.717, 1.165) is 5.56 Å². The van der Waals surface area contributed by atoms with Gasteiger partial charge in [-0.3, -0.25) is 0 Å². The van der Waals surface area contributed by atoms with E-state index in [2.05, 4.69) is 5.92 Å². The molecule has 14 heavy (non-hydrogen) atoms. The fourth-order valence-corrected chi connectivity index (χ4v) is 1.06. The summed E-state index contributed by atoms with van der Waals surface area (Å²) in [7, 11) is 0. The second kappa shape index (κ2) is 4.43. The summed E-state index contributed by atoms with van der Waals surface area (Å²) in [5.74, 6) is 2.42. The summed E-state index contributed by atoms with van der Waals surface area (Å²) >= 11 is -0.329. The fourth-order valence-electron chi connectivity index (χ4n) is 0.779. The molecule has 0 fully saturated rings. The molecule has 1 rings (SSSR count). The highest BCUT2D eigenvalue weighted by atomic mass is 32.2. The molecule has 0 heterocycles. The van der Waals surface area contributed by atoms with Gasteiger partial charge in [-0.15, -0.1) is 0 Å². The van der Waals surface area contributed by atoms with Gasteiger partial charge in [0.25, 0.3) is 0 Å². The third-order valence-corrected chi connectivity index (χ3v) is 1.85. The van der Waals surface area contributed by atoms with Gasteiger partial charge in [0.1, 0.15) is 0 Å². The van der Waals surface area contributed by atoms with Gasteiger partial charge < -0.3 is 0 Å². The van der Waals surface area contributed by atoms with E-state index in [0.29, 0.717) is 5.56 Å². The first-order chi connectivity index (χ1) is 6.47. The van der Waals surface area contributed by atoms with E-state index < -0.39 is 5.51 Å². The number of alkyl halides is 3. The second-order valence-corrected chi connectivity index (χ2v) is 3.51. The maximum absolute atomic E-state index is 11.7. The van der Waals surface area contributed by atoms with Crippen LogP contribution in [-0.4, -0.2) is 5.51 Å². The standard InChI is InChI=1S/C10H7F3S/c1-8-2-4-9(5-3-8)6-7-14-10(11,12)13/h2-5H,1H3. The molecule has 0 aliphatic heterocycles. The molecule has 0 spiro atoms. The Kier molecular flexibility index (Phi) is 3.48. The SMILES string of the molecule is Cc1ccc(C#CSC(F)(F)F)cc1.